The third-order valence-electron chi connectivity index (χ3n) is 4.07. The largest absolute Gasteiger partial charge is 0.335 e. The summed E-state index contributed by atoms with van der Waals surface area (Å²) in [5.74, 6) is 0.565. The molecule has 106 valence electrons. The van der Waals surface area contributed by atoms with E-state index < -0.39 is 0 Å². The third-order valence-corrected chi connectivity index (χ3v) is 5.07. The average Bonchev–Trinajstić information content (AvgIpc) is 2.85. The Balaban J connectivity index is 2.10. The van der Waals surface area contributed by atoms with Gasteiger partial charge in [0, 0.05) is 23.9 Å². The van der Waals surface area contributed by atoms with Gasteiger partial charge in [-0.05, 0) is 35.8 Å². The molecule has 1 aromatic rings. The summed E-state index contributed by atoms with van der Waals surface area (Å²) in [6, 6.07) is 2.39. The van der Waals surface area contributed by atoms with Crippen molar-refractivity contribution in [3.8, 4) is 0 Å². The van der Waals surface area contributed by atoms with Gasteiger partial charge in [0.2, 0.25) is 5.91 Å². The van der Waals surface area contributed by atoms with E-state index in [4.69, 9.17) is 5.73 Å². The standard InChI is InChI=1S/C15H24N2OS/c1-4-13-11-6-8-19-14(11)5-7-17(13)15(18)9-12(16)10(2)3/h6,8,10,12-13H,4-5,7,9,16H2,1-3H3. The van der Waals surface area contributed by atoms with Crippen molar-refractivity contribution in [2.45, 2.75) is 52.1 Å². The predicted molar refractivity (Wildman–Crippen MR) is 80.2 cm³/mol. The van der Waals surface area contributed by atoms with Crippen molar-refractivity contribution in [1.82, 2.24) is 4.90 Å². The number of carbonyl (C=O) groups is 1. The second-order valence-corrected chi connectivity index (χ2v) is 6.67. The summed E-state index contributed by atoms with van der Waals surface area (Å²) in [4.78, 5) is 16.0. The van der Waals surface area contributed by atoms with Crippen molar-refractivity contribution in [2.24, 2.45) is 11.7 Å². The van der Waals surface area contributed by atoms with Crippen molar-refractivity contribution in [1.29, 1.82) is 0 Å². The average molecular weight is 280 g/mol. The van der Waals surface area contributed by atoms with Gasteiger partial charge in [0.15, 0.2) is 0 Å². The van der Waals surface area contributed by atoms with Crippen molar-refractivity contribution in [3.63, 3.8) is 0 Å². The molecule has 19 heavy (non-hydrogen) atoms. The molecular weight excluding hydrogens is 256 g/mol. The topological polar surface area (TPSA) is 46.3 Å². The van der Waals surface area contributed by atoms with Crippen molar-refractivity contribution >= 4 is 17.2 Å². The molecule has 2 rings (SSSR count). The fourth-order valence-electron chi connectivity index (χ4n) is 2.69. The molecule has 3 nitrogen and oxygen atoms in total. The van der Waals surface area contributed by atoms with Crippen LogP contribution in [0, 0.1) is 5.92 Å². The zero-order valence-electron chi connectivity index (χ0n) is 12.1. The van der Waals surface area contributed by atoms with Crippen LogP contribution in [0.3, 0.4) is 0 Å². The quantitative estimate of drug-likeness (QED) is 0.921. The molecule has 2 heterocycles. The normalized spacial score (nSPS) is 20.5. The SMILES string of the molecule is CCC1c2ccsc2CCN1C(=O)CC(N)C(C)C. The number of thiophene rings is 1. The molecule has 0 aliphatic carbocycles. The van der Waals surface area contributed by atoms with E-state index >= 15 is 0 Å². The van der Waals surface area contributed by atoms with Crippen LogP contribution in [0.4, 0.5) is 0 Å². The molecule has 0 spiro atoms. The van der Waals surface area contributed by atoms with E-state index in [1.54, 1.807) is 0 Å². The molecular formula is C15H24N2OS. The molecule has 0 radical (unpaired) electrons. The van der Waals surface area contributed by atoms with Crippen LogP contribution in [0.25, 0.3) is 0 Å². The summed E-state index contributed by atoms with van der Waals surface area (Å²) in [5, 5.41) is 2.14. The monoisotopic (exact) mass is 280 g/mol. The van der Waals surface area contributed by atoms with Gasteiger partial charge in [0.05, 0.1) is 6.04 Å². The first-order chi connectivity index (χ1) is 9.04. The van der Waals surface area contributed by atoms with Crippen molar-refractivity contribution in [2.75, 3.05) is 6.54 Å². The Morgan fingerprint density at radius 1 is 1.58 bits per heavy atom. The van der Waals surface area contributed by atoms with E-state index in [0.29, 0.717) is 12.3 Å². The molecule has 0 aromatic carbocycles. The highest BCUT2D eigenvalue weighted by molar-refractivity contribution is 7.10. The fraction of sp³-hybridized carbons (Fsp3) is 0.667. The maximum Gasteiger partial charge on any atom is 0.224 e. The van der Waals surface area contributed by atoms with E-state index in [1.807, 2.05) is 16.2 Å². The Hall–Kier alpha value is -0.870. The zero-order chi connectivity index (χ0) is 14.0. The van der Waals surface area contributed by atoms with Gasteiger partial charge in [-0.2, -0.15) is 0 Å². The van der Waals surface area contributed by atoms with Crippen LogP contribution < -0.4 is 5.73 Å². The molecule has 2 atom stereocenters. The van der Waals surface area contributed by atoms with Gasteiger partial charge in [0.25, 0.3) is 0 Å². The summed E-state index contributed by atoms with van der Waals surface area (Å²) in [6.45, 7) is 7.14. The highest BCUT2D eigenvalue weighted by atomic mass is 32.1. The smallest absolute Gasteiger partial charge is 0.224 e. The second-order valence-electron chi connectivity index (χ2n) is 5.67. The Kier molecular flexibility index (Phi) is 4.63. The fourth-order valence-corrected chi connectivity index (χ4v) is 3.62. The van der Waals surface area contributed by atoms with E-state index in [9.17, 15) is 4.79 Å². The van der Waals surface area contributed by atoms with Gasteiger partial charge in [-0.1, -0.05) is 20.8 Å². The van der Waals surface area contributed by atoms with Crippen LogP contribution in [-0.2, 0) is 11.2 Å². The summed E-state index contributed by atoms with van der Waals surface area (Å²) in [5.41, 5.74) is 7.39. The molecule has 2 N–H and O–H groups in total. The Morgan fingerprint density at radius 2 is 2.32 bits per heavy atom. The third kappa shape index (κ3) is 3.00. The zero-order valence-corrected chi connectivity index (χ0v) is 12.9. The Morgan fingerprint density at radius 3 is 2.95 bits per heavy atom. The first-order valence-electron chi connectivity index (χ1n) is 7.15. The minimum absolute atomic E-state index is 0.0334. The number of rotatable bonds is 4. The van der Waals surface area contributed by atoms with Gasteiger partial charge < -0.3 is 10.6 Å². The second kappa shape index (κ2) is 6.06. The highest BCUT2D eigenvalue weighted by Crippen LogP contribution is 2.35. The van der Waals surface area contributed by atoms with E-state index in [-0.39, 0.29) is 18.0 Å². The number of nitrogens with zero attached hydrogens (tertiary/aromatic N) is 1. The Labute approximate surface area is 119 Å². The van der Waals surface area contributed by atoms with Crippen LogP contribution in [0.2, 0.25) is 0 Å². The molecule has 0 saturated carbocycles. The predicted octanol–water partition coefficient (Wildman–Crippen LogP) is 2.96. The van der Waals surface area contributed by atoms with Gasteiger partial charge in [-0.25, -0.2) is 0 Å². The minimum Gasteiger partial charge on any atom is -0.335 e. The molecule has 0 fully saturated rings. The lowest BCUT2D eigenvalue weighted by Gasteiger charge is -2.36. The molecule has 0 saturated heterocycles. The van der Waals surface area contributed by atoms with Crippen LogP contribution in [0.5, 0.6) is 0 Å². The molecule has 1 aliphatic rings. The van der Waals surface area contributed by atoms with E-state index in [2.05, 4.69) is 32.2 Å². The van der Waals surface area contributed by atoms with Gasteiger partial charge in [-0.3, -0.25) is 4.79 Å². The van der Waals surface area contributed by atoms with Crippen LogP contribution in [-0.4, -0.2) is 23.4 Å². The lowest BCUT2D eigenvalue weighted by Crippen LogP contribution is -2.42. The van der Waals surface area contributed by atoms with E-state index in [0.717, 1.165) is 19.4 Å². The number of hydrogen-bond donors (Lipinski definition) is 1. The van der Waals surface area contributed by atoms with Crippen LogP contribution in [0.1, 0.15) is 50.1 Å². The minimum atomic E-state index is -0.0334. The van der Waals surface area contributed by atoms with Crippen molar-refractivity contribution < 1.29 is 4.79 Å². The lowest BCUT2D eigenvalue weighted by molar-refractivity contribution is -0.134. The molecule has 1 aliphatic heterocycles. The number of amides is 1. The molecule has 0 bridgehead atoms. The van der Waals surface area contributed by atoms with Crippen LogP contribution >= 0.6 is 11.3 Å². The first-order valence-corrected chi connectivity index (χ1v) is 8.03. The summed E-state index contributed by atoms with van der Waals surface area (Å²) < 4.78 is 0. The maximum absolute atomic E-state index is 12.5. The summed E-state index contributed by atoms with van der Waals surface area (Å²) in [7, 11) is 0. The number of nitrogens with two attached hydrogens (primary N) is 1. The van der Waals surface area contributed by atoms with Gasteiger partial charge in [0.1, 0.15) is 0 Å². The summed E-state index contributed by atoms with van der Waals surface area (Å²) in [6.07, 6.45) is 2.44. The first kappa shape index (κ1) is 14.5. The number of carbonyl (C=O) groups excluding carboxylic acids is 1. The molecule has 1 amide bonds. The molecule has 1 aromatic heterocycles. The van der Waals surface area contributed by atoms with Gasteiger partial charge >= 0.3 is 0 Å². The highest BCUT2D eigenvalue weighted by Gasteiger charge is 2.31. The van der Waals surface area contributed by atoms with Crippen molar-refractivity contribution in [3.05, 3.63) is 21.9 Å². The molecule has 4 heteroatoms. The summed E-state index contributed by atoms with van der Waals surface area (Å²) >= 11 is 1.81. The Bertz CT molecular complexity index is 441. The molecule has 2 unspecified atom stereocenters. The number of hydrogen-bond acceptors (Lipinski definition) is 3. The lowest BCUT2D eigenvalue weighted by atomic mass is 9.95. The van der Waals surface area contributed by atoms with Crippen LogP contribution in [0.15, 0.2) is 11.4 Å². The number of fused-ring (bicyclic) bond motifs is 1. The van der Waals surface area contributed by atoms with E-state index in [1.165, 1.54) is 10.4 Å². The van der Waals surface area contributed by atoms with Gasteiger partial charge in [-0.15, -0.1) is 11.3 Å². The maximum atomic E-state index is 12.5.